The Bertz CT molecular complexity index is 1260. The second-order valence-corrected chi connectivity index (χ2v) is 9.43. The Morgan fingerprint density at radius 3 is 2.65 bits per heavy atom. The average Bonchev–Trinajstić information content (AvgIpc) is 3.59. The van der Waals surface area contributed by atoms with Crippen LogP contribution in [-0.4, -0.2) is 41.2 Å². The fraction of sp³-hybridized carbons (Fsp3) is 0.393. The number of nitriles is 1. The van der Waals surface area contributed by atoms with Crippen molar-refractivity contribution in [1.29, 1.82) is 5.26 Å². The smallest absolute Gasteiger partial charge is 0.407 e. The molecule has 2 aromatic carbocycles. The highest BCUT2D eigenvalue weighted by Gasteiger charge is 2.28. The molecule has 1 aromatic heterocycles. The lowest BCUT2D eigenvalue weighted by atomic mass is 9.91. The lowest BCUT2D eigenvalue weighted by Gasteiger charge is -2.30. The largest absolute Gasteiger partial charge is 0.472 e. The van der Waals surface area contributed by atoms with E-state index in [4.69, 9.17) is 24.6 Å². The molecule has 2 heterocycles. The van der Waals surface area contributed by atoms with Crippen molar-refractivity contribution in [2.45, 2.75) is 56.9 Å². The van der Waals surface area contributed by atoms with E-state index < -0.39 is 11.9 Å². The first kappa shape index (κ1) is 24.8. The molecule has 3 aromatic rings. The number of ether oxygens (including phenoxy) is 3. The molecule has 1 N–H and O–H groups in total. The molecule has 192 valence electrons. The van der Waals surface area contributed by atoms with Crippen LogP contribution < -0.4 is 10.1 Å². The van der Waals surface area contributed by atoms with Crippen molar-refractivity contribution in [3.05, 3.63) is 71.5 Å². The predicted molar refractivity (Wildman–Crippen MR) is 133 cm³/mol. The molecule has 9 heteroatoms. The van der Waals surface area contributed by atoms with E-state index >= 15 is 0 Å². The van der Waals surface area contributed by atoms with Crippen LogP contribution in [0.1, 0.15) is 49.3 Å². The van der Waals surface area contributed by atoms with Crippen LogP contribution in [0.2, 0.25) is 0 Å². The highest BCUT2D eigenvalue weighted by atomic mass is 19.1. The van der Waals surface area contributed by atoms with E-state index in [1.807, 2.05) is 47.1 Å². The molecule has 1 atom stereocenters. The molecule has 1 aliphatic heterocycles. The molecule has 0 radical (unpaired) electrons. The maximum absolute atomic E-state index is 14.3. The Morgan fingerprint density at radius 2 is 1.95 bits per heavy atom. The van der Waals surface area contributed by atoms with Crippen molar-refractivity contribution in [2.24, 2.45) is 0 Å². The zero-order valence-corrected chi connectivity index (χ0v) is 20.4. The van der Waals surface area contributed by atoms with Gasteiger partial charge in [0.15, 0.2) is 0 Å². The highest BCUT2D eigenvalue weighted by Crippen LogP contribution is 2.35. The van der Waals surface area contributed by atoms with E-state index in [2.05, 4.69) is 5.32 Å². The number of carbonyl (C=O) groups excluding carboxylic acids is 1. The Hall–Kier alpha value is -3.90. The first-order valence-electron chi connectivity index (χ1n) is 12.6. The summed E-state index contributed by atoms with van der Waals surface area (Å²) in [5.74, 6) is 0.0425. The van der Waals surface area contributed by atoms with Gasteiger partial charge in [-0.15, -0.1) is 0 Å². The molecule has 0 unspecified atom stereocenters. The molecule has 0 bridgehead atoms. The van der Waals surface area contributed by atoms with E-state index in [1.165, 1.54) is 12.1 Å². The van der Waals surface area contributed by atoms with Crippen molar-refractivity contribution in [3.63, 3.8) is 0 Å². The summed E-state index contributed by atoms with van der Waals surface area (Å²) in [4.78, 5) is 12.3. The maximum Gasteiger partial charge on any atom is 0.407 e. The van der Waals surface area contributed by atoms with Crippen molar-refractivity contribution in [2.75, 3.05) is 13.2 Å². The molecule has 37 heavy (non-hydrogen) atoms. The number of benzene rings is 2. The molecule has 2 aliphatic rings. The minimum Gasteiger partial charge on any atom is -0.472 e. The third-order valence-corrected chi connectivity index (χ3v) is 6.84. The van der Waals surface area contributed by atoms with Crippen molar-refractivity contribution in [1.82, 2.24) is 15.1 Å². The number of amides is 1. The molecule has 1 saturated heterocycles. The standard InChI is InChI=1S/C28H29FN4O4/c29-25-14-20(6-7-21(25)16-30)26-15-27(37-24-12-13-35-18-24)33(32-26)23-10-8-22(9-11-23)31-28(34)36-17-19-4-2-1-3-5-19/h1-7,14-15,22-24H,8-13,17-18H2,(H,31,34)/t22?,23?,24-/m0/s1. The highest BCUT2D eigenvalue weighted by molar-refractivity contribution is 5.67. The molecular weight excluding hydrogens is 475 g/mol. The van der Waals surface area contributed by atoms with Crippen LogP contribution in [0.3, 0.4) is 0 Å². The number of aromatic nitrogens is 2. The first-order valence-corrected chi connectivity index (χ1v) is 12.6. The first-order chi connectivity index (χ1) is 18.1. The van der Waals surface area contributed by atoms with Gasteiger partial charge in [-0.25, -0.2) is 13.9 Å². The Kier molecular flexibility index (Phi) is 7.66. The normalized spacial score (nSPS) is 21.2. The Balaban J connectivity index is 1.24. The van der Waals surface area contributed by atoms with Gasteiger partial charge in [-0.2, -0.15) is 10.4 Å². The van der Waals surface area contributed by atoms with Crippen LogP contribution >= 0.6 is 0 Å². The van der Waals surface area contributed by atoms with Gasteiger partial charge in [0.2, 0.25) is 5.88 Å². The molecular formula is C28H29FN4O4. The van der Waals surface area contributed by atoms with Crippen molar-refractivity contribution >= 4 is 6.09 Å². The zero-order valence-electron chi connectivity index (χ0n) is 20.4. The van der Waals surface area contributed by atoms with Gasteiger partial charge >= 0.3 is 6.09 Å². The van der Waals surface area contributed by atoms with Gasteiger partial charge in [0.1, 0.15) is 24.6 Å². The monoisotopic (exact) mass is 504 g/mol. The van der Waals surface area contributed by atoms with Crippen molar-refractivity contribution < 1.29 is 23.4 Å². The summed E-state index contributed by atoms with van der Waals surface area (Å²) in [5.41, 5.74) is 2.11. The summed E-state index contributed by atoms with van der Waals surface area (Å²) in [6.07, 6.45) is 3.47. The number of nitrogens with one attached hydrogen (secondary N) is 1. The van der Waals surface area contributed by atoms with E-state index in [0.717, 1.165) is 37.7 Å². The number of alkyl carbamates (subject to hydrolysis) is 1. The van der Waals surface area contributed by atoms with E-state index in [9.17, 15) is 9.18 Å². The molecule has 1 saturated carbocycles. The van der Waals surface area contributed by atoms with Crippen LogP contribution in [0.4, 0.5) is 9.18 Å². The predicted octanol–water partition coefficient (Wildman–Crippen LogP) is 5.14. The topological polar surface area (TPSA) is 98.4 Å². The Morgan fingerprint density at radius 1 is 1.14 bits per heavy atom. The molecule has 5 rings (SSSR count). The second-order valence-electron chi connectivity index (χ2n) is 9.43. The summed E-state index contributed by atoms with van der Waals surface area (Å²) in [5, 5.41) is 16.8. The number of halogens is 1. The van der Waals surface area contributed by atoms with Gasteiger partial charge in [-0.05, 0) is 43.4 Å². The SMILES string of the molecule is N#Cc1ccc(-c2cc(O[C@H]3CCOC3)n(C3CCC(NC(=O)OCc4ccccc4)CC3)n2)cc1F. The Labute approximate surface area is 214 Å². The summed E-state index contributed by atoms with van der Waals surface area (Å²) in [7, 11) is 0. The summed E-state index contributed by atoms with van der Waals surface area (Å²) in [6, 6.07) is 17.8. The molecule has 1 aliphatic carbocycles. The van der Waals surface area contributed by atoms with Crippen LogP contribution in [-0.2, 0) is 16.1 Å². The number of rotatable bonds is 7. The van der Waals surface area contributed by atoms with Gasteiger partial charge in [-0.1, -0.05) is 36.4 Å². The fourth-order valence-corrected chi connectivity index (χ4v) is 4.81. The molecule has 8 nitrogen and oxygen atoms in total. The van der Waals surface area contributed by atoms with Crippen molar-refractivity contribution in [3.8, 4) is 23.2 Å². The second kappa shape index (κ2) is 11.4. The fourth-order valence-electron chi connectivity index (χ4n) is 4.81. The molecule has 2 fully saturated rings. The van der Waals surface area contributed by atoms with Crippen LogP contribution in [0.5, 0.6) is 5.88 Å². The van der Waals surface area contributed by atoms with E-state index in [0.29, 0.717) is 30.4 Å². The number of nitrogens with zero attached hydrogens (tertiary/aromatic N) is 3. The maximum atomic E-state index is 14.3. The summed E-state index contributed by atoms with van der Waals surface area (Å²) < 4.78 is 33.2. The van der Waals surface area contributed by atoms with Crippen LogP contribution in [0.25, 0.3) is 11.3 Å². The number of hydrogen-bond donors (Lipinski definition) is 1. The number of carbonyl (C=O) groups is 1. The minimum absolute atomic E-state index is 0.00382. The molecule has 1 amide bonds. The third kappa shape index (κ3) is 6.09. The number of hydrogen-bond acceptors (Lipinski definition) is 6. The van der Waals surface area contributed by atoms with Gasteiger partial charge in [0.05, 0.1) is 30.5 Å². The average molecular weight is 505 g/mol. The van der Waals surface area contributed by atoms with Crippen LogP contribution in [0.15, 0.2) is 54.6 Å². The summed E-state index contributed by atoms with van der Waals surface area (Å²) in [6.45, 7) is 1.41. The zero-order chi connectivity index (χ0) is 25.6. The van der Waals surface area contributed by atoms with Gasteiger partial charge in [0, 0.05) is 24.1 Å². The minimum atomic E-state index is -0.577. The van der Waals surface area contributed by atoms with Crippen LogP contribution in [0, 0.1) is 17.1 Å². The van der Waals surface area contributed by atoms with E-state index in [1.54, 1.807) is 6.07 Å². The quantitative estimate of drug-likeness (QED) is 0.479. The third-order valence-electron chi connectivity index (χ3n) is 6.84. The summed E-state index contributed by atoms with van der Waals surface area (Å²) >= 11 is 0. The molecule has 0 spiro atoms. The van der Waals surface area contributed by atoms with Gasteiger partial charge < -0.3 is 19.5 Å². The lowest BCUT2D eigenvalue weighted by Crippen LogP contribution is -2.38. The van der Waals surface area contributed by atoms with Gasteiger partial charge in [0.25, 0.3) is 0 Å². The van der Waals surface area contributed by atoms with E-state index in [-0.39, 0.29) is 30.4 Å². The van der Waals surface area contributed by atoms with Gasteiger partial charge in [-0.3, -0.25) is 0 Å². The lowest BCUT2D eigenvalue weighted by molar-refractivity contribution is 0.123.